The van der Waals surface area contributed by atoms with E-state index in [9.17, 15) is 9.59 Å². The number of benzene rings is 2. The van der Waals surface area contributed by atoms with Crippen molar-refractivity contribution >= 4 is 29.0 Å². The first-order valence-corrected chi connectivity index (χ1v) is 10.1. The lowest BCUT2D eigenvalue weighted by Gasteiger charge is -2.17. The van der Waals surface area contributed by atoms with Crippen LogP contribution in [0.5, 0.6) is 11.5 Å². The Morgan fingerprint density at radius 1 is 1.14 bits per heavy atom. The zero-order chi connectivity index (χ0) is 20.8. The molecule has 2 amide bonds. The molecule has 5 nitrogen and oxygen atoms in total. The Hall–Kier alpha value is -2.99. The molecule has 0 spiro atoms. The summed E-state index contributed by atoms with van der Waals surface area (Å²) in [5.41, 5.74) is 2.74. The molecule has 0 saturated carbocycles. The minimum absolute atomic E-state index is 0.277. The zero-order valence-corrected chi connectivity index (χ0v) is 17.3. The third-order valence-corrected chi connectivity index (χ3v) is 5.29. The van der Waals surface area contributed by atoms with Crippen molar-refractivity contribution < 1.29 is 19.1 Å². The van der Waals surface area contributed by atoms with E-state index >= 15 is 0 Å². The number of rotatable bonds is 8. The van der Waals surface area contributed by atoms with Crippen LogP contribution in [0.2, 0.25) is 0 Å². The van der Waals surface area contributed by atoms with Gasteiger partial charge in [-0.05, 0) is 54.4 Å². The number of carbonyl (C=O) groups is 2. The Bertz CT molecular complexity index is 953. The highest BCUT2D eigenvalue weighted by Crippen LogP contribution is 2.37. The van der Waals surface area contributed by atoms with Gasteiger partial charge in [-0.25, -0.2) is 0 Å². The summed E-state index contributed by atoms with van der Waals surface area (Å²) >= 11 is 0.933. The number of imide groups is 1. The number of thioether (sulfide) groups is 1. The van der Waals surface area contributed by atoms with Crippen LogP contribution in [0.15, 0.2) is 60.0 Å². The van der Waals surface area contributed by atoms with Crippen LogP contribution < -0.4 is 9.47 Å². The molecule has 0 atom stereocenters. The predicted octanol–water partition coefficient (Wildman–Crippen LogP) is 5.06. The molecule has 2 aromatic rings. The first-order chi connectivity index (χ1) is 14.0. The van der Waals surface area contributed by atoms with E-state index in [0.717, 1.165) is 33.4 Å². The lowest BCUT2D eigenvalue weighted by atomic mass is 10.0. The van der Waals surface area contributed by atoms with Crippen molar-refractivity contribution in [2.24, 2.45) is 0 Å². The molecule has 1 heterocycles. The maximum Gasteiger partial charge on any atom is 0.293 e. The molecule has 1 saturated heterocycles. The number of allylic oxidation sites excluding steroid dienone is 1. The predicted molar refractivity (Wildman–Crippen MR) is 116 cm³/mol. The van der Waals surface area contributed by atoms with E-state index in [1.807, 2.05) is 49.4 Å². The van der Waals surface area contributed by atoms with Crippen LogP contribution in [-0.4, -0.2) is 29.7 Å². The van der Waals surface area contributed by atoms with Gasteiger partial charge in [0, 0.05) is 12.6 Å². The van der Waals surface area contributed by atoms with Crippen molar-refractivity contribution in [3.05, 3.63) is 76.7 Å². The minimum Gasteiger partial charge on any atom is -0.490 e. The highest BCUT2D eigenvalue weighted by molar-refractivity contribution is 8.18. The van der Waals surface area contributed by atoms with Crippen molar-refractivity contribution in [1.29, 1.82) is 0 Å². The van der Waals surface area contributed by atoms with Gasteiger partial charge in [-0.1, -0.05) is 36.4 Å². The average molecular weight is 410 g/mol. The van der Waals surface area contributed by atoms with Crippen LogP contribution >= 0.6 is 11.8 Å². The largest absolute Gasteiger partial charge is 0.490 e. The van der Waals surface area contributed by atoms with Crippen molar-refractivity contribution in [2.75, 3.05) is 13.7 Å². The van der Waals surface area contributed by atoms with E-state index in [-0.39, 0.29) is 11.1 Å². The molecule has 29 heavy (non-hydrogen) atoms. The molecule has 0 unspecified atom stereocenters. The van der Waals surface area contributed by atoms with Crippen molar-refractivity contribution in [3.8, 4) is 11.5 Å². The standard InChI is InChI=1S/C23H23NO4S/c1-4-9-18-12-17(14-20-22(25)24(3)23(26)29-20)13-19(27-5-2)21(18)28-15-16-10-7-6-8-11-16/h4,6-8,10-14H,1,5,9,15H2,2-3H3/b20-14-. The third-order valence-electron chi connectivity index (χ3n) is 4.33. The molecule has 0 N–H and O–H groups in total. The van der Waals surface area contributed by atoms with E-state index in [1.165, 1.54) is 7.05 Å². The number of ether oxygens (including phenoxy) is 2. The Labute approximate surface area is 175 Å². The Balaban J connectivity index is 1.96. The summed E-state index contributed by atoms with van der Waals surface area (Å²) in [4.78, 5) is 25.5. The van der Waals surface area contributed by atoms with E-state index < -0.39 is 0 Å². The number of nitrogens with zero attached hydrogens (tertiary/aromatic N) is 1. The van der Waals surface area contributed by atoms with Crippen molar-refractivity contribution in [1.82, 2.24) is 4.90 Å². The van der Waals surface area contributed by atoms with Gasteiger partial charge in [0.15, 0.2) is 11.5 Å². The lowest BCUT2D eigenvalue weighted by molar-refractivity contribution is -0.121. The Kier molecular flexibility index (Phi) is 6.77. The van der Waals surface area contributed by atoms with Crippen molar-refractivity contribution in [3.63, 3.8) is 0 Å². The summed E-state index contributed by atoms with van der Waals surface area (Å²) < 4.78 is 11.9. The van der Waals surface area contributed by atoms with Crippen LogP contribution in [0, 0.1) is 0 Å². The highest BCUT2D eigenvalue weighted by Gasteiger charge is 2.31. The van der Waals surface area contributed by atoms with Gasteiger partial charge >= 0.3 is 0 Å². The summed E-state index contributed by atoms with van der Waals surface area (Å²) in [5.74, 6) is 0.966. The summed E-state index contributed by atoms with van der Waals surface area (Å²) in [5, 5.41) is -0.277. The summed E-state index contributed by atoms with van der Waals surface area (Å²) in [6.45, 7) is 6.63. The van der Waals surface area contributed by atoms with Crippen molar-refractivity contribution in [2.45, 2.75) is 20.0 Å². The number of carbonyl (C=O) groups excluding carboxylic acids is 2. The molecule has 1 aliphatic heterocycles. The molecule has 1 fully saturated rings. The lowest BCUT2D eigenvalue weighted by Crippen LogP contribution is -2.22. The SMILES string of the molecule is C=CCc1cc(/C=C2\SC(=O)N(C)C2=O)cc(OCC)c1OCc1ccccc1. The molecular weight excluding hydrogens is 386 g/mol. The Morgan fingerprint density at radius 2 is 1.90 bits per heavy atom. The van der Waals surface area contributed by atoms with Crippen LogP contribution in [0.25, 0.3) is 6.08 Å². The van der Waals surface area contributed by atoms with Crippen LogP contribution in [-0.2, 0) is 17.8 Å². The fourth-order valence-electron chi connectivity index (χ4n) is 2.93. The molecule has 1 aliphatic rings. The molecule has 0 aliphatic carbocycles. The molecule has 3 rings (SSSR count). The summed E-state index contributed by atoms with van der Waals surface area (Å²) in [6.07, 6.45) is 4.09. The van der Waals surface area contributed by atoms with Gasteiger partial charge in [0.1, 0.15) is 6.61 Å². The molecule has 2 aromatic carbocycles. The van der Waals surface area contributed by atoms with Gasteiger partial charge < -0.3 is 9.47 Å². The normalized spacial score (nSPS) is 15.1. The van der Waals surface area contributed by atoms with Crippen LogP contribution in [0.4, 0.5) is 4.79 Å². The van der Waals surface area contributed by atoms with Gasteiger partial charge in [0.25, 0.3) is 11.1 Å². The third kappa shape index (κ3) is 4.90. The topological polar surface area (TPSA) is 55.8 Å². The highest BCUT2D eigenvalue weighted by atomic mass is 32.2. The summed E-state index contributed by atoms with van der Waals surface area (Å²) in [6, 6.07) is 13.7. The van der Waals surface area contributed by atoms with Gasteiger partial charge in [0.05, 0.1) is 11.5 Å². The molecule has 6 heteroatoms. The van der Waals surface area contributed by atoms with E-state index in [4.69, 9.17) is 9.47 Å². The number of likely N-dealkylation sites (N-methyl/N-ethyl adjacent to an activating group) is 1. The van der Waals surface area contributed by atoms with E-state index in [0.29, 0.717) is 36.0 Å². The smallest absolute Gasteiger partial charge is 0.293 e. The fraction of sp³-hybridized carbons (Fsp3) is 0.217. The molecular formula is C23H23NO4S. The number of hydrogen-bond acceptors (Lipinski definition) is 5. The molecule has 0 radical (unpaired) electrons. The second-order valence-electron chi connectivity index (χ2n) is 6.45. The minimum atomic E-state index is -0.298. The maximum atomic E-state index is 12.2. The summed E-state index contributed by atoms with van der Waals surface area (Å²) in [7, 11) is 1.48. The fourth-order valence-corrected chi connectivity index (χ4v) is 3.75. The first kappa shape index (κ1) is 20.7. The number of amides is 2. The molecule has 0 bridgehead atoms. The van der Waals surface area contributed by atoms with Gasteiger partial charge in [-0.3, -0.25) is 14.5 Å². The number of hydrogen-bond donors (Lipinski definition) is 0. The van der Waals surface area contributed by atoms with Crippen LogP contribution in [0.3, 0.4) is 0 Å². The second kappa shape index (κ2) is 9.47. The quantitative estimate of drug-likeness (QED) is 0.451. The first-order valence-electron chi connectivity index (χ1n) is 9.32. The second-order valence-corrected chi connectivity index (χ2v) is 7.44. The van der Waals surface area contributed by atoms with Gasteiger partial charge in [-0.2, -0.15) is 0 Å². The van der Waals surface area contributed by atoms with Gasteiger partial charge in [-0.15, -0.1) is 6.58 Å². The van der Waals surface area contributed by atoms with Gasteiger partial charge in [0.2, 0.25) is 0 Å². The van der Waals surface area contributed by atoms with E-state index in [2.05, 4.69) is 6.58 Å². The van der Waals surface area contributed by atoms with E-state index in [1.54, 1.807) is 12.2 Å². The zero-order valence-electron chi connectivity index (χ0n) is 16.5. The van der Waals surface area contributed by atoms with Crippen LogP contribution in [0.1, 0.15) is 23.6 Å². The Morgan fingerprint density at radius 3 is 2.52 bits per heavy atom. The maximum absolute atomic E-state index is 12.2. The average Bonchev–Trinajstić information content (AvgIpc) is 2.95. The molecule has 0 aromatic heterocycles. The monoisotopic (exact) mass is 409 g/mol. The molecule has 150 valence electrons.